The van der Waals surface area contributed by atoms with Gasteiger partial charge in [0.2, 0.25) is 5.91 Å². The van der Waals surface area contributed by atoms with Gasteiger partial charge in [0.15, 0.2) is 34.7 Å². The molecule has 0 bridgehead atoms. The van der Waals surface area contributed by atoms with Gasteiger partial charge in [0.1, 0.15) is 5.75 Å². The fraction of sp³-hybridized carbons (Fsp3) is 0.448. The fourth-order valence-electron chi connectivity index (χ4n) is 6.47. The molecule has 1 heterocycles. The number of Topliss-reactive ketones (excluding diaryl/α,β-unsaturated/α-hetero) is 4. The van der Waals surface area contributed by atoms with E-state index in [4.69, 9.17) is 5.73 Å². The van der Waals surface area contributed by atoms with E-state index in [-0.39, 0.29) is 37.1 Å². The zero-order valence-corrected chi connectivity index (χ0v) is 21.8. The van der Waals surface area contributed by atoms with Crippen LogP contribution >= 0.6 is 0 Å². The van der Waals surface area contributed by atoms with Crippen molar-refractivity contribution in [3.63, 3.8) is 0 Å². The number of ketones is 4. The lowest BCUT2D eigenvalue weighted by Crippen LogP contribution is -2.68. The molecule has 39 heavy (non-hydrogen) atoms. The van der Waals surface area contributed by atoms with Crippen LogP contribution in [-0.2, 0) is 32.1 Å². The maximum absolute atomic E-state index is 14.0. The van der Waals surface area contributed by atoms with Gasteiger partial charge in [0, 0.05) is 36.2 Å². The van der Waals surface area contributed by atoms with Crippen LogP contribution in [0.5, 0.6) is 5.75 Å². The quantitative estimate of drug-likeness (QED) is 0.396. The van der Waals surface area contributed by atoms with Crippen LogP contribution in [0.25, 0.3) is 11.3 Å². The Hall–Kier alpha value is -3.76. The number of aliphatic hydroxyl groups is 1. The number of carbonyl (C=O) groups excluding carboxylic acids is 5. The highest BCUT2D eigenvalue weighted by Crippen LogP contribution is 2.51. The van der Waals surface area contributed by atoms with Crippen molar-refractivity contribution in [2.24, 2.45) is 35.3 Å². The maximum atomic E-state index is 14.0. The number of rotatable bonds is 6. The van der Waals surface area contributed by atoms with Gasteiger partial charge in [0.25, 0.3) is 0 Å². The van der Waals surface area contributed by atoms with Crippen molar-refractivity contribution in [3.05, 3.63) is 47.2 Å². The average molecular weight is 534 g/mol. The summed E-state index contributed by atoms with van der Waals surface area (Å²) >= 11 is 0. The standard InChI is InChI=1S/C29H31N3O7/c1-13(2)11-31-12-15-9-17(19-5-3-4-6-32-19)18-8-14-7-16-10-20(33)23(28(30)38)27(37)29(16,39)26(36)21(14)25(35)22(18)24(15)34/h3-6,9,13-14,16,21,23,31,34,39H,7-8,10-12H2,1-2H3,(H2,30,38)/t14-,16+,21?,23?,29?/m1/s1. The summed E-state index contributed by atoms with van der Waals surface area (Å²) in [6, 6.07) is 7.16. The molecule has 3 aliphatic rings. The largest absolute Gasteiger partial charge is 0.507 e. The molecular weight excluding hydrogens is 502 g/mol. The number of nitrogens with two attached hydrogens (primary N) is 1. The van der Waals surface area contributed by atoms with Gasteiger partial charge in [-0.05, 0) is 55.0 Å². The van der Waals surface area contributed by atoms with Crippen LogP contribution in [0.2, 0.25) is 0 Å². The summed E-state index contributed by atoms with van der Waals surface area (Å²) in [4.78, 5) is 69.7. The van der Waals surface area contributed by atoms with Crippen LogP contribution in [0.4, 0.5) is 0 Å². The van der Waals surface area contributed by atoms with E-state index in [2.05, 4.69) is 10.3 Å². The summed E-state index contributed by atoms with van der Waals surface area (Å²) in [5.41, 5.74) is 4.78. The number of fused-ring (bicyclic) bond motifs is 3. The van der Waals surface area contributed by atoms with Gasteiger partial charge >= 0.3 is 0 Å². The summed E-state index contributed by atoms with van der Waals surface area (Å²) in [6.07, 6.45) is 1.49. The summed E-state index contributed by atoms with van der Waals surface area (Å²) in [5.74, 6) is -9.89. The number of primary amides is 1. The molecule has 1 amide bonds. The van der Waals surface area contributed by atoms with E-state index >= 15 is 0 Å². The Bertz CT molecular complexity index is 1400. The van der Waals surface area contributed by atoms with Crippen LogP contribution in [0.3, 0.4) is 0 Å². The number of pyridine rings is 1. The number of hydrogen-bond acceptors (Lipinski definition) is 9. The molecule has 5 N–H and O–H groups in total. The molecule has 0 radical (unpaired) electrons. The normalized spacial score (nSPS) is 28.2. The second-order valence-corrected chi connectivity index (χ2v) is 11.3. The summed E-state index contributed by atoms with van der Waals surface area (Å²) in [5, 5.41) is 25.9. The molecule has 204 valence electrons. The molecule has 1 aromatic heterocycles. The minimum absolute atomic E-state index is 0.0260. The van der Waals surface area contributed by atoms with Crippen LogP contribution in [0.1, 0.15) is 48.2 Å². The number of hydrogen-bond donors (Lipinski definition) is 4. The number of nitrogens with one attached hydrogen (secondary N) is 1. The van der Waals surface area contributed by atoms with Crippen molar-refractivity contribution in [3.8, 4) is 17.0 Å². The van der Waals surface area contributed by atoms with Crippen molar-refractivity contribution >= 4 is 29.0 Å². The molecular formula is C29H31N3O7. The Labute approximate surface area is 225 Å². The average Bonchev–Trinajstić information content (AvgIpc) is 2.87. The molecule has 0 aliphatic heterocycles. The van der Waals surface area contributed by atoms with E-state index in [1.54, 1.807) is 24.4 Å². The lowest BCUT2D eigenvalue weighted by Gasteiger charge is -2.48. The highest BCUT2D eigenvalue weighted by atomic mass is 16.3. The van der Waals surface area contributed by atoms with Crippen molar-refractivity contribution in [1.29, 1.82) is 0 Å². The molecule has 2 aromatic rings. The molecule has 10 nitrogen and oxygen atoms in total. The highest BCUT2D eigenvalue weighted by Gasteiger charge is 2.66. The van der Waals surface area contributed by atoms with Crippen LogP contribution in [-0.4, -0.2) is 56.4 Å². The van der Waals surface area contributed by atoms with E-state index in [0.29, 0.717) is 34.8 Å². The Balaban J connectivity index is 1.62. The van der Waals surface area contributed by atoms with Gasteiger partial charge in [-0.3, -0.25) is 29.0 Å². The predicted octanol–water partition coefficient (Wildman–Crippen LogP) is 1.13. The number of aromatic hydroxyl groups is 1. The van der Waals surface area contributed by atoms with Crippen LogP contribution < -0.4 is 11.1 Å². The molecule has 5 rings (SSSR count). The van der Waals surface area contributed by atoms with Gasteiger partial charge in [0.05, 0.1) is 17.2 Å². The zero-order valence-electron chi connectivity index (χ0n) is 21.8. The molecule has 0 spiro atoms. The number of phenols is 1. The van der Waals surface area contributed by atoms with Crippen molar-refractivity contribution in [2.45, 2.75) is 45.3 Å². The number of aromatic nitrogens is 1. The second-order valence-electron chi connectivity index (χ2n) is 11.3. The number of benzene rings is 1. The minimum Gasteiger partial charge on any atom is -0.507 e. The molecule has 0 saturated heterocycles. The van der Waals surface area contributed by atoms with E-state index < -0.39 is 58.3 Å². The summed E-state index contributed by atoms with van der Waals surface area (Å²) in [7, 11) is 0. The third-order valence-electron chi connectivity index (χ3n) is 8.29. The summed E-state index contributed by atoms with van der Waals surface area (Å²) < 4.78 is 0. The zero-order chi connectivity index (χ0) is 28.2. The Morgan fingerprint density at radius 3 is 2.56 bits per heavy atom. The van der Waals surface area contributed by atoms with Crippen molar-refractivity contribution < 1.29 is 34.2 Å². The number of carbonyl (C=O) groups is 5. The molecule has 1 aromatic carbocycles. The number of nitrogens with zero attached hydrogens (tertiary/aromatic N) is 1. The Kier molecular flexibility index (Phi) is 6.72. The summed E-state index contributed by atoms with van der Waals surface area (Å²) in [6.45, 7) is 5.01. The second kappa shape index (κ2) is 9.77. The third-order valence-corrected chi connectivity index (χ3v) is 8.29. The van der Waals surface area contributed by atoms with Crippen molar-refractivity contribution in [1.82, 2.24) is 10.3 Å². The molecule has 3 aliphatic carbocycles. The van der Waals surface area contributed by atoms with Gasteiger partial charge in [-0.25, -0.2) is 0 Å². The Morgan fingerprint density at radius 2 is 1.92 bits per heavy atom. The Morgan fingerprint density at radius 1 is 1.18 bits per heavy atom. The highest BCUT2D eigenvalue weighted by molar-refractivity contribution is 6.31. The lowest BCUT2D eigenvalue weighted by molar-refractivity contribution is -0.175. The third kappa shape index (κ3) is 4.18. The van der Waals surface area contributed by atoms with E-state index in [1.807, 2.05) is 19.9 Å². The van der Waals surface area contributed by atoms with E-state index in [1.165, 1.54) is 0 Å². The fourth-order valence-corrected chi connectivity index (χ4v) is 6.47. The first-order chi connectivity index (χ1) is 18.5. The molecule has 5 atom stereocenters. The minimum atomic E-state index is -2.67. The molecule has 2 fully saturated rings. The monoisotopic (exact) mass is 533 g/mol. The molecule has 2 saturated carbocycles. The van der Waals surface area contributed by atoms with Gasteiger partial charge < -0.3 is 21.3 Å². The van der Waals surface area contributed by atoms with Gasteiger partial charge in [-0.2, -0.15) is 0 Å². The van der Waals surface area contributed by atoms with Gasteiger partial charge in [-0.15, -0.1) is 0 Å². The van der Waals surface area contributed by atoms with Crippen LogP contribution in [0, 0.1) is 29.6 Å². The first kappa shape index (κ1) is 26.8. The first-order valence-corrected chi connectivity index (χ1v) is 13.1. The SMILES string of the molecule is CC(C)CNCc1cc(-c2ccccn2)c2c(c1O)C(=O)C1C(=O)C3(O)C(=O)C(C(N)=O)C(=O)C[C@@H]3C[C@@H]1C2. The first-order valence-electron chi connectivity index (χ1n) is 13.1. The lowest BCUT2D eigenvalue weighted by atomic mass is 9.53. The van der Waals surface area contributed by atoms with E-state index in [9.17, 15) is 34.2 Å². The molecule has 10 heteroatoms. The van der Waals surface area contributed by atoms with Gasteiger partial charge in [-0.1, -0.05) is 19.9 Å². The molecule has 3 unspecified atom stereocenters. The number of phenolic OH excluding ortho intramolecular Hbond substituents is 1. The maximum Gasteiger partial charge on any atom is 0.235 e. The topological polar surface area (TPSA) is 177 Å². The van der Waals surface area contributed by atoms with Crippen LogP contribution in [0.15, 0.2) is 30.5 Å². The predicted molar refractivity (Wildman–Crippen MR) is 138 cm³/mol. The van der Waals surface area contributed by atoms with E-state index in [0.717, 1.165) is 0 Å². The number of amides is 1. The van der Waals surface area contributed by atoms with Crippen molar-refractivity contribution in [2.75, 3.05) is 6.54 Å². The smallest absolute Gasteiger partial charge is 0.235 e.